The first-order chi connectivity index (χ1) is 9.14. The van der Waals surface area contributed by atoms with E-state index in [4.69, 9.17) is 10.5 Å². The second kappa shape index (κ2) is 8.54. The molecule has 1 amide bonds. The number of rotatable bonds is 8. The van der Waals surface area contributed by atoms with E-state index in [9.17, 15) is 4.79 Å². The van der Waals surface area contributed by atoms with E-state index in [0.29, 0.717) is 19.8 Å². The summed E-state index contributed by atoms with van der Waals surface area (Å²) in [6, 6.07) is 0.246. The fourth-order valence-corrected chi connectivity index (χ4v) is 2.61. The maximum atomic E-state index is 12.4. The fourth-order valence-electron chi connectivity index (χ4n) is 2.61. The third-order valence-corrected chi connectivity index (χ3v) is 4.19. The van der Waals surface area contributed by atoms with Crippen molar-refractivity contribution in [3.63, 3.8) is 0 Å². The maximum Gasteiger partial charge on any atom is 0.227 e. The molecular formula is C15H30N2O2. The molecule has 0 aromatic heterocycles. The lowest BCUT2D eigenvalue weighted by molar-refractivity contribution is -0.136. The Morgan fingerprint density at radius 2 is 2.00 bits per heavy atom. The molecule has 0 spiro atoms. The van der Waals surface area contributed by atoms with Crippen molar-refractivity contribution in [2.75, 3.05) is 19.8 Å². The first kappa shape index (κ1) is 16.4. The summed E-state index contributed by atoms with van der Waals surface area (Å²) in [5, 5.41) is 3.14. The van der Waals surface area contributed by atoms with E-state index in [1.807, 2.05) is 0 Å². The Kier molecular flexibility index (Phi) is 7.39. The minimum absolute atomic E-state index is 0.126. The lowest BCUT2D eigenvalue weighted by Gasteiger charge is -2.35. The minimum Gasteiger partial charge on any atom is -0.381 e. The predicted molar refractivity (Wildman–Crippen MR) is 77.9 cm³/mol. The molecule has 1 atom stereocenters. The molecule has 1 rings (SSSR count). The molecule has 1 unspecified atom stereocenters. The topological polar surface area (TPSA) is 64.4 Å². The van der Waals surface area contributed by atoms with Crippen molar-refractivity contribution in [3.05, 3.63) is 0 Å². The standard InChI is InChI=1S/C15H30N2O2/c1-3-4-5-6-7-13(2)17-14(18)15(12-16)8-10-19-11-9-15/h13H,3-12,16H2,1-2H3,(H,17,18). The molecule has 1 saturated heterocycles. The van der Waals surface area contributed by atoms with Gasteiger partial charge in [-0.05, 0) is 26.2 Å². The molecule has 112 valence electrons. The van der Waals surface area contributed by atoms with Crippen LogP contribution in [0.3, 0.4) is 0 Å². The Labute approximate surface area is 117 Å². The smallest absolute Gasteiger partial charge is 0.227 e. The molecule has 0 saturated carbocycles. The maximum absolute atomic E-state index is 12.4. The average molecular weight is 270 g/mol. The van der Waals surface area contributed by atoms with E-state index in [2.05, 4.69) is 19.2 Å². The number of nitrogens with two attached hydrogens (primary N) is 1. The van der Waals surface area contributed by atoms with E-state index in [1.54, 1.807) is 0 Å². The number of nitrogens with one attached hydrogen (secondary N) is 1. The number of unbranched alkanes of at least 4 members (excludes halogenated alkanes) is 3. The number of amides is 1. The normalized spacial score (nSPS) is 19.9. The molecule has 0 radical (unpaired) electrons. The highest BCUT2D eigenvalue weighted by Crippen LogP contribution is 2.29. The first-order valence-corrected chi connectivity index (χ1v) is 7.73. The van der Waals surface area contributed by atoms with Gasteiger partial charge in [0.2, 0.25) is 5.91 Å². The molecule has 0 aromatic rings. The Bertz CT molecular complexity index is 263. The Balaban J connectivity index is 2.35. The highest BCUT2D eigenvalue weighted by Gasteiger charge is 2.39. The van der Waals surface area contributed by atoms with Crippen LogP contribution in [0.4, 0.5) is 0 Å². The Morgan fingerprint density at radius 3 is 2.58 bits per heavy atom. The third kappa shape index (κ3) is 5.11. The van der Waals surface area contributed by atoms with Crippen LogP contribution < -0.4 is 11.1 Å². The zero-order chi connectivity index (χ0) is 14.1. The van der Waals surface area contributed by atoms with Crippen LogP contribution in [0.1, 0.15) is 58.8 Å². The van der Waals surface area contributed by atoms with Gasteiger partial charge in [-0.2, -0.15) is 0 Å². The molecule has 1 aliphatic heterocycles. The second-order valence-electron chi connectivity index (χ2n) is 5.82. The number of carbonyl (C=O) groups excluding carboxylic acids is 1. The second-order valence-corrected chi connectivity index (χ2v) is 5.82. The zero-order valence-corrected chi connectivity index (χ0v) is 12.5. The van der Waals surface area contributed by atoms with E-state index in [0.717, 1.165) is 19.3 Å². The van der Waals surface area contributed by atoms with Crippen molar-refractivity contribution in [2.24, 2.45) is 11.1 Å². The van der Waals surface area contributed by atoms with Crippen LogP contribution in [0.2, 0.25) is 0 Å². The molecule has 0 bridgehead atoms. The molecule has 1 aliphatic rings. The van der Waals surface area contributed by atoms with Gasteiger partial charge < -0.3 is 15.8 Å². The van der Waals surface area contributed by atoms with Crippen molar-refractivity contribution in [1.82, 2.24) is 5.32 Å². The monoisotopic (exact) mass is 270 g/mol. The summed E-state index contributed by atoms with van der Waals surface area (Å²) >= 11 is 0. The molecule has 4 heteroatoms. The molecule has 19 heavy (non-hydrogen) atoms. The van der Waals surface area contributed by atoms with Gasteiger partial charge in [-0.3, -0.25) is 4.79 Å². The summed E-state index contributed by atoms with van der Waals surface area (Å²) in [6.07, 6.45) is 7.53. The van der Waals surface area contributed by atoms with Crippen LogP contribution in [0, 0.1) is 5.41 Å². The average Bonchev–Trinajstić information content (AvgIpc) is 2.44. The summed E-state index contributed by atoms with van der Waals surface area (Å²) in [4.78, 5) is 12.4. The van der Waals surface area contributed by atoms with Crippen LogP contribution in [0.5, 0.6) is 0 Å². The third-order valence-electron chi connectivity index (χ3n) is 4.19. The zero-order valence-electron chi connectivity index (χ0n) is 12.5. The van der Waals surface area contributed by atoms with Crippen molar-refractivity contribution in [3.8, 4) is 0 Å². The van der Waals surface area contributed by atoms with Gasteiger partial charge in [0.1, 0.15) is 0 Å². The van der Waals surface area contributed by atoms with E-state index >= 15 is 0 Å². The number of hydrogen-bond acceptors (Lipinski definition) is 3. The summed E-state index contributed by atoms with van der Waals surface area (Å²) in [7, 11) is 0. The van der Waals surface area contributed by atoms with E-state index < -0.39 is 5.41 Å². The van der Waals surface area contributed by atoms with Gasteiger partial charge in [-0.1, -0.05) is 32.6 Å². The van der Waals surface area contributed by atoms with Gasteiger partial charge in [0.25, 0.3) is 0 Å². The molecule has 3 N–H and O–H groups in total. The summed E-state index contributed by atoms with van der Waals surface area (Å²) < 4.78 is 5.34. The number of ether oxygens (including phenoxy) is 1. The van der Waals surface area contributed by atoms with Crippen LogP contribution in [0.25, 0.3) is 0 Å². The van der Waals surface area contributed by atoms with E-state index in [1.165, 1.54) is 25.7 Å². The fraction of sp³-hybridized carbons (Fsp3) is 0.933. The van der Waals surface area contributed by atoms with Crippen LogP contribution in [0.15, 0.2) is 0 Å². The molecule has 0 aliphatic carbocycles. The molecular weight excluding hydrogens is 240 g/mol. The highest BCUT2D eigenvalue weighted by molar-refractivity contribution is 5.83. The van der Waals surface area contributed by atoms with Crippen LogP contribution >= 0.6 is 0 Å². The number of carbonyl (C=O) groups is 1. The minimum atomic E-state index is -0.393. The molecule has 4 nitrogen and oxygen atoms in total. The first-order valence-electron chi connectivity index (χ1n) is 7.73. The summed E-state index contributed by atoms with van der Waals surface area (Å²) in [5.41, 5.74) is 5.45. The van der Waals surface area contributed by atoms with Gasteiger partial charge in [0.05, 0.1) is 5.41 Å². The lowest BCUT2D eigenvalue weighted by atomic mass is 9.79. The Morgan fingerprint density at radius 1 is 1.32 bits per heavy atom. The number of hydrogen-bond donors (Lipinski definition) is 2. The van der Waals surface area contributed by atoms with Gasteiger partial charge in [0.15, 0.2) is 0 Å². The molecule has 1 heterocycles. The van der Waals surface area contributed by atoms with Crippen LogP contribution in [-0.2, 0) is 9.53 Å². The highest BCUT2D eigenvalue weighted by atomic mass is 16.5. The SMILES string of the molecule is CCCCCCC(C)NC(=O)C1(CN)CCOCC1. The van der Waals surface area contributed by atoms with Gasteiger partial charge in [0, 0.05) is 25.8 Å². The molecule has 0 aromatic carbocycles. The van der Waals surface area contributed by atoms with Crippen molar-refractivity contribution in [1.29, 1.82) is 0 Å². The Hall–Kier alpha value is -0.610. The molecule has 1 fully saturated rings. The van der Waals surface area contributed by atoms with Crippen LogP contribution in [-0.4, -0.2) is 31.7 Å². The predicted octanol–water partition coefficient (Wildman–Crippen LogP) is 2.22. The van der Waals surface area contributed by atoms with Gasteiger partial charge >= 0.3 is 0 Å². The van der Waals surface area contributed by atoms with E-state index in [-0.39, 0.29) is 11.9 Å². The van der Waals surface area contributed by atoms with Crippen molar-refractivity contribution < 1.29 is 9.53 Å². The summed E-state index contributed by atoms with van der Waals surface area (Å²) in [6.45, 7) is 6.02. The van der Waals surface area contributed by atoms with Gasteiger partial charge in [-0.25, -0.2) is 0 Å². The lowest BCUT2D eigenvalue weighted by Crippen LogP contribution is -2.51. The van der Waals surface area contributed by atoms with Crippen molar-refractivity contribution in [2.45, 2.75) is 64.8 Å². The van der Waals surface area contributed by atoms with Gasteiger partial charge in [-0.15, -0.1) is 0 Å². The quantitative estimate of drug-likeness (QED) is 0.665. The largest absolute Gasteiger partial charge is 0.381 e. The summed E-state index contributed by atoms with van der Waals surface area (Å²) in [5.74, 6) is 0.126. The van der Waals surface area contributed by atoms with Crippen molar-refractivity contribution >= 4 is 5.91 Å².